The van der Waals surface area contributed by atoms with Crippen LogP contribution < -0.4 is 0 Å². The molecule has 0 N–H and O–H groups in total. The summed E-state index contributed by atoms with van der Waals surface area (Å²) in [6.07, 6.45) is 0. The van der Waals surface area contributed by atoms with Gasteiger partial charge in [-0.2, -0.15) is 0 Å². The molecule has 0 radical (unpaired) electrons. The van der Waals surface area contributed by atoms with E-state index in [1.807, 2.05) is 59.9 Å². The molecule has 5 heteroatoms. The van der Waals surface area contributed by atoms with Crippen molar-refractivity contribution in [3.63, 3.8) is 0 Å². The molecule has 0 aliphatic heterocycles. The summed E-state index contributed by atoms with van der Waals surface area (Å²) in [5, 5.41) is 4.58. The molecule has 0 fully saturated rings. The summed E-state index contributed by atoms with van der Waals surface area (Å²) in [6.45, 7) is 0. The number of thiophene rings is 1. The number of nitrogens with zero attached hydrogens (tertiary/aromatic N) is 3. The van der Waals surface area contributed by atoms with Crippen molar-refractivity contribution in [2.24, 2.45) is 0 Å². The number of furan rings is 1. The molecular formula is C45H27N3OS. The lowest BCUT2D eigenvalue weighted by atomic mass is 10.00. The van der Waals surface area contributed by atoms with Gasteiger partial charge >= 0.3 is 0 Å². The van der Waals surface area contributed by atoms with Crippen molar-refractivity contribution in [2.45, 2.75) is 0 Å². The zero-order valence-corrected chi connectivity index (χ0v) is 27.6. The van der Waals surface area contributed by atoms with Gasteiger partial charge in [0.15, 0.2) is 17.5 Å². The fourth-order valence-corrected chi connectivity index (χ4v) is 8.20. The van der Waals surface area contributed by atoms with Crippen LogP contribution >= 0.6 is 11.3 Å². The number of hydrogen-bond acceptors (Lipinski definition) is 5. The molecular weight excluding hydrogens is 631 g/mol. The van der Waals surface area contributed by atoms with E-state index in [0.29, 0.717) is 17.5 Å². The maximum absolute atomic E-state index is 6.39. The third-order valence-electron chi connectivity index (χ3n) is 9.35. The SMILES string of the molecule is c1ccc(-c2ccc3oc4cccc(-c5nc(-c6ccccc6)nc(-c6cccc(-c7cccc8c7sc7ccccc78)c6)n5)c4c3c2)cc1. The van der Waals surface area contributed by atoms with Crippen LogP contribution in [0.1, 0.15) is 0 Å². The Hall–Kier alpha value is -6.43. The molecule has 10 rings (SSSR count). The summed E-state index contributed by atoms with van der Waals surface area (Å²) in [5.74, 6) is 1.84. The Morgan fingerprint density at radius 1 is 0.380 bits per heavy atom. The molecule has 0 aliphatic rings. The summed E-state index contributed by atoms with van der Waals surface area (Å²) < 4.78 is 8.95. The van der Waals surface area contributed by atoms with Crippen LogP contribution in [0.25, 0.3) is 98.5 Å². The van der Waals surface area contributed by atoms with E-state index in [2.05, 4.69) is 115 Å². The lowest BCUT2D eigenvalue weighted by molar-refractivity contribution is 0.669. The highest BCUT2D eigenvalue weighted by molar-refractivity contribution is 7.26. The van der Waals surface area contributed by atoms with Crippen LogP contribution in [0.2, 0.25) is 0 Å². The third kappa shape index (κ3) is 4.79. The standard InChI is InChI=1S/C45H27N3OS/c1-3-12-28(13-4-1)30-24-25-38-37(27-30)41-36(21-11-22-39(41)49-38)45-47-43(29-14-5-2-6-15-29)46-44(48-45)32-17-9-16-31(26-32)33-19-10-20-35-34-18-7-8-23-40(34)50-42(33)35/h1-27H. The normalized spacial score (nSPS) is 11.6. The predicted molar refractivity (Wildman–Crippen MR) is 207 cm³/mol. The van der Waals surface area contributed by atoms with Gasteiger partial charge in [-0.25, -0.2) is 15.0 Å². The Labute approximate surface area is 292 Å². The average Bonchev–Trinajstić information content (AvgIpc) is 3.77. The van der Waals surface area contributed by atoms with Crippen LogP contribution in [-0.4, -0.2) is 15.0 Å². The van der Waals surface area contributed by atoms with Crippen LogP contribution in [0.15, 0.2) is 168 Å². The Kier molecular flexibility index (Phi) is 6.64. The van der Waals surface area contributed by atoms with Crippen LogP contribution in [0, 0.1) is 0 Å². The van der Waals surface area contributed by atoms with Crippen molar-refractivity contribution in [1.82, 2.24) is 15.0 Å². The smallest absolute Gasteiger partial charge is 0.164 e. The average molecular weight is 658 g/mol. The van der Waals surface area contributed by atoms with Gasteiger partial charge in [-0.3, -0.25) is 0 Å². The van der Waals surface area contributed by atoms with Gasteiger partial charge in [0.1, 0.15) is 11.2 Å². The van der Waals surface area contributed by atoms with Gasteiger partial charge < -0.3 is 4.42 Å². The fourth-order valence-electron chi connectivity index (χ4n) is 6.97. The lowest BCUT2D eigenvalue weighted by Gasteiger charge is -2.11. The Balaban J connectivity index is 1.17. The van der Waals surface area contributed by atoms with Crippen molar-refractivity contribution in [2.75, 3.05) is 0 Å². The molecule has 3 heterocycles. The molecule has 3 aromatic heterocycles. The van der Waals surface area contributed by atoms with Gasteiger partial charge in [0.2, 0.25) is 0 Å². The van der Waals surface area contributed by atoms with Gasteiger partial charge in [-0.15, -0.1) is 11.3 Å². The molecule has 50 heavy (non-hydrogen) atoms. The van der Waals surface area contributed by atoms with E-state index in [1.54, 1.807) is 0 Å². The first-order valence-corrected chi connectivity index (χ1v) is 17.4. The van der Waals surface area contributed by atoms with Crippen molar-refractivity contribution >= 4 is 53.4 Å². The molecule has 10 aromatic rings. The van der Waals surface area contributed by atoms with E-state index in [4.69, 9.17) is 19.4 Å². The summed E-state index contributed by atoms with van der Waals surface area (Å²) in [6, 6.07) is 56.8. The molecule has 234 valence electrons. The second kappa shape index (κ2) is 11.6. The summed E-state index contributed by atoms with van der Waals surface area (Å²) >= 11 is 1.84. The van der Waals surface area contributed by atoms with Crippen molar-refractivity contribution < 1.29 is 4.42 Å². The van der Waals surface area contributed by atoms with E-state index in [1.165, 1.54) is 25.7 Å². The van der Waals surface area contributed by atoms with Crippen LogP contribution in [0.5, 0.6) is 0 Å². The van der Waals surface area contributed by atoms with E-state index in [-0.39, 0.29) is 0 Å². The maximum atomic E-state index is 6.39. The topological polar surface area (TPSA) is 51.8 Å². The largest absolute Gasteiger partial charge is 0.456 e. The third-order valence-corrected chi connectivity index (χ3v) is 10.6. The van der Waals surface area contributed by atoms with E-state index < -0.39 is 0 Å². The maximum Gasteiger partial charge on any atom is 0.164 e. The zero-order chi connectivity index (χ0) is 33.0. The Bertz CT molecular complexity index is 2870. The molecule has 0 saturated heterocycles. The first-order valence-electron chi connectivity index (χ1n) is 16.6. The van der Waals surface area contributed by atoms with Crippen LogP contribution in [-0.2, 0) is 0 Å². The zero-order valence-electron chi connectivity index (χ0n) is 26.7. The van der Waals surface area contributed by atoms with Crippen molar-refractivity contribution in [3.8, 4) is 56.4 Å². The second-order valence-electron chi connectivity index (χ2n) is 12.4. The summed E-state index contributed by atoms with van der Waals surface area (Å²) in [7, 11) is 0. The first kappa shape index (κ1) is 28.6. The minimum atomic E-state index is 0.601. The molecule has 0 aliphatic carbocycles. The number of fused-ring (bicyclic) bond motifs is 6. The van der Waals surface area contributed by atoms with Crippen molar-refractivity contribution in [1.29, 1.82) is 0 Å². The van der Waals surface area contributed by atoms with Crippen LogP contribution in [0.3, 0.4) is 0 Å². The Morgan fingerprint density at radius 3 is 1.88 bits per heavy atom. The minimum Gasteiger partial charge on any atom is -0.456 e. The van der Waals surface area contributed by atoms with Gasteiger partial charge in [0, 0.05) is 47.6 Å². The molecule has 0 atom stereocenters. The van der Waals surface area contributed by atoms with Crippen LogP contribution in [0.4, 0.5) is 0 Å². The molecule has 7 aromatic carbocycles. The number of hydrogen-bond donors (Lipinski definition) is 0. The summed E-state index contributed by atoms with van der Waals surface area (Å²) in [4.78, 5) is 15.4. The highest BCUT2D eigenvalue weighted by Gasteiger charge is 2.19. The second-order valence-corrected chi connectivity index (χ2v) is 13.4. The summed E-state index contributed by atoms with van der Waals surface area (Å²) in [5.41, 5.74) is 8.99. The monoisotopic (exact) mass is 657 g/mol. The van der Waals surface area contributed by atoms with Gasteiger partial charge in [-0.05, 0) is 52.6 Å². The molecule has 0 unspecified atom stereocenters. The number of aromatic nitrogens is 3. The van der Waals surface area contributed by atoms with Gasteiger partial charge in [0.05, 0.1) is 0 Å². The molecule has 0 bridgehead atoms. The fraction of sp³-hybridized carbons (Fsp3) is 0. The van der Waals surface area contributed by atoms with E-state index in [9.17, 15) is 0 Å². The molecule has 0 saturated carbocycles. The van der Waals surface area contributed by atoms with Crippen molar-refractivity contribution in [3.05, 3.63) is 164 Å². The first-order chi connectivity index (χ1) is 24.8. The quantitative estimate of drug-likeness (QED) is 0.185. The highest BCUT2D eigenvalue weighted by atomic mass is 32.1. The predicted octanol–water partition coefficient (Wildman–Crippen LogP) is 12.5. The molecule has 4 nitrogen and oxygen atoms in total. The molecule has 0 amide bonds. The van der Waals surface area contributed by atoms with E-state index >= 15 is 0 Å². The van der Waals surface area contributed by atoms with E-state index in [0.717, 1.165) is 55.3 Å². The highest BCUT2D eigenvalue weighted by Crippen LogP contribution is 2.41. The van der Waals surface area contributed by atoms with Gasteiger partial charge in [-0.1, -0.05) is 133 Å². The number of benzene rings is 7. The minimum absolute atomic E-state index is 0.601. The number of rotatable bonds is 5. The lowest BCUT2D eigenvalue weighted by Crippen LogP contribution is -2.00. The Morgan fingerprint density at radius 2 is 1.02 bits per heavy atom. The molecule has 0 spiro atoms. The van der Waals surface area contributed by atoms with Gasteiger partial charge in [0.25, 0.3) is 0 Å².